The molecule has 0 fully saturated rings. The Morgan fingerprint density at radius 3 is 2.33 bits per heavy atom. The highest BCUT2D eigenvalue weighted by Crippen LogP contribution is 2.31. The molecule has 40 heavy (non-hydrogen) atoms. The number of rotatable bonds is 12. The van der Waals surface area contributed by atoms with Gasteiger partial charge in [-0.3, -0.25) is 20.3 Å². The molecule has 0 aliphatic carbocycles. The second-order valence-corrected chi connectivity index (χ2v) is 10.4. The van der Waals surface area contributed by atoms with Gasteiger partial charge in [0.2, 0.25) is 0 Å². The molecule has 0 saturated carbocycles. The number of non-ortho nitro benzene ring substituents is 1. The molecule has 206 valence electrons. The first-order chi connectivity index (χ1) is 19.3. The summed E-state index contributed by atoms with van der Waals surface area (Å²) in [7, 11) is -2.83. The van der Waals surface area contributed by atoms with E-state index in [0.717, 1.165) is 30.4 Å². The molecule has 11 heteroatoms. The summed E-state index contributed by atoms with van der Waals surface area (Å²) in [6.07, 6.45) is 1.54. The normalized spacial score (nSPS) is 11.2. The van der Waals surface area contributed by atoms with Gasteiger partial charge in [0.25, 0.3) is 15.7 Å². The van der Waals surface area contributed by atoms with Gasteiger partial charge < -0.3 is 9.64 Å². The number of nitro groups is 1. The van der Waals surface area contributed by atoms with Crippen LogP contribution in [0.15, 0.2) is 107 Å². The molecule has 2 N–H and O–H groups in total. The predicted molar refractivity (Wildman–Crippen MR) is 158 cm³/mol. The second kappa shape index (κ2) is 12.8. The van der Waals surface area contributed by atoms with E-state index in [1.807, 2.05) is 42.5 Å². The third-order valence-corrected chi connectivity index (χ3v) is 7.48. The molecule has 0 aliphatic rings. The van der Waals surface area contributed by atoms with Crippen molar-refractivity contribution in [3.63, 3.8) is 0 Å². The third-order valence-electron chi connectivity index (χ3n) is 6.07. The average molecular weight is 560 g/mol. The molecular weight excluding hydrogens is 530 g/mol. The van der Waals surface area contributed by atoms with Gasteiger partial charge in [0.05, 0.1) is 29.6 Å². The van der Waals surface area contributed by atoms with Gasteiger partial charge in [-0.2, -0.15) is 5.10 Å². The number of para-hydroxylation sites is 2. The van der Waals surface area contributed by atoms with Gasteiger partial charge in [-0.05, 0) is 48.4 Å². The number of anilines is 3. The van der Waals surface area contributed by atoms with Crippen molar-refractivity contribution in [2.24, 2.45) is 5.10 Å². The van der Waals surface area contributed by atoms with Crippen molar-refractivity contribution >= 4 is 39.0 Å². The van der Waals surface area contributed by atoms with Crippen LogP contribution in [0.2, 0.25) is 0 Å². The number of sulfonamides is 1. The van der Waals surface area contributed by atoms with Crippen LogP contribution in [0.25, 0.3) is 0 Å². The summed E-state index contributed by atoms with van der Waals surface area (Å²) < 4.78 is 34.2. The summed E-state index contributed by atoms with van der Waals surface area (Å²) in [5.74, 6) is 0.304. The lowest BCUT2D eigenvalue weighted by Crippen LogP contribution is -2.21. The van der Waals surface area contributed by atoms with E-state index in [1.54, 1.807) is 24.4 Å². The van der Waals surface area contributed by atoms with Crippen molar-refractivity contribution in [3.8, 4) is 5.75 Å². The van der Waals surface area contributed by atoms with E-state index in [2.05, 4.69) is 39.2 Å². The number of hydrogen-bond donors (Lipinski definition) is 2. The summed E-state index contributed by atoms with van der Waals surface area (Å²) >= 11 is 0. The fraction of sp³-hybridized carbons (Fsp3) is 0.138. The molecule has 0 radical (unpaired) electrons. The van der Waals surface area contributed by atoms with Gasteiger partial charge in [0.1, 0.15) is 10.6 Å². The zero-order valence-electron chi connectivity index (χ0n) is 22.0. The summed E-state index contributed by atoms with van der Waals surface area (Å²) in [5, 5.41) is 15.6. The number of methoxy groups -OCH3 is 1. The van der Waals surface area contributed by atoms with Crippen LogP contribution in [0.4, 0.5) is 22.7 Å². The number of nitro benzene ring substituents is 1. The maximum absolute atomic E-state index is 13.3. The largest absolute Gasteiger partial charge is 0.495 e. The van der Waals surface area contributed by atoms with E-state index in [0.29, 0.717) is 5.75 Å². The zero-order valence-corrected chi connectivity index (χ0v) is 22.8. The Hall–Kier alpha value is -4.90. The fourth-order valence-electron chi connectivity index (χ4n) is 4.01. The number of nitrogens with one attached hydrogen (secondary N) is 2. The molecule has 0 amide bonds. The molecule has 4 aromatic rings. The minimum absolute atomic E-state index is 0.0703. The molecule has 0 saturated heterocycles. The minimum atomic E-state index is -4.25. The first-order valence-corrected chi connectivity index (χ1v) is 13.9. The first-order valence-electron chi connectivity index (χ1n) is 12.4. The van der Waals surface area contributed by atoms with E-state index in [9.17, 15) is 18.5 Å². The second-order valence-electron chi connectivity index (χ2n) is 8.70. The van der Waals surface area contributed by atoms with Crippen LogP contribution in [0.5, 0.6) is 5.75 Å². The lowest BCUT2D eigenvalue weighted by molar-refractivity contribution is -0.385. The molecule has 4 aromatic carbocycles. The number of hydrogen-bond acceptors (Lipinski definition) is 8. The Kier molecular flexibility index (Phi) is 8.97. The topological polar surface area (TPSA) is 126 Å². The van der Waals surface area contributed by atoms with Gasteiger partial charge in [-0.25, -0.2) is 8.42 Å². The Morgan fingerprint density at radius 1 is 0.950 bits per heavy atom. The average Bonchev–Trinajstić information content (AvgIpc) is 2.97. The van der Waals surface area contributed by atoms with Crippen molar-refractivity contribution in [1.29, 1.82) is 0 Å². The minimum Gasteiger partial charge on any atom is -0.495 e. The van der Waals surface area contributed by atoms with Crippen molar-refractivity contribution in [2.45, 2.75) is 18.4 Å². The third kappa shape index (κ3) is 6.94. The highest BCUT2D eigenvalue weighted by molar-refractivity contribution is 7.93. The monoisotopic (exact) mass is 559 g/mol. The van der Waals surface area contributed by atoms with Crippen LogP contribution in [0, 0.1) is 10.1 Å². The molecule has 0 aliphatic heterocycles. The highest BCUT2D eigenvalue weighted by atomic mass is 32.2. The van der Waals surface area contributed by atoms with E-state index in [1.165, 1.54) is 30.9 Å². The molecule has 4 rings (SSSR count). The maximum atomic E-state index is 13.3. The zero-order chi connectivity index (χ0) is 28.5. The molecule has 0 unspecified atom stereocenters. The summed E-state index contributed by atoms with van der Waals surface area (Å²) in [6, 6.07) is 28.0. The molecule has 0 atom stereocenters. The van der Waals surface area contributed by atoms with Crippen molar-refractivity contribution in [2.75, 3.05) is 28.7 Å². The Balaban J connectivity index is 1.53. The van der Waals surface area contributed by atoms with Gasteiger partial charge in [-0.15, -0.1) is 0 Å². The van der Waals surface area contributed by atoms with Gasteiger partial charge in [0.15, 0.2) is 0 Å². The van der Waals surface area contributed by atoms with Crippen LogP contribution in [0.3, 0.4) is 0 Å². The molecule has 0 heterocycles. The molecule has 10 nitrogen and oxygen atoms in total. The van der Waals surface area contributed by atoms with Crippen molar-refractivity contribution in [1.82, 2.24) is 0 Å². The van der Waals surface area contributed by atoms with Crippen LogP contribution >= 0.6 is 0 Å². The smallest absolute Gasteiger partial charge is 0.270 e. The summed E-state index contributed by atoms with van der Waals surface area (Å²) in [5.41, 5.74) is 5.66. The van der Waals surface area contributed by atoms with E-state index in [4.69, 9.17) is 4.74 Å². The fourth-order valence-corrected chi connectivity index (χ4v) is 5.25. The van der Waals surface area contributed by atoms with E-state index < -0.39 is 14.9 Å². The lowest BCUT2D eigenvalue weighted by Gasteiger charge is -2.23. The van der Waals surface area contributed by atoms with Crippen molar-refractivity contribution < 1.29 is 18.1 Å². The number of nitrogens with zero attached hydrogens (tertiary/aromatic N) is 3. The SMILES string of the molecule is CCN(Cc1ccccc1)c1ccc(/C=N\Nc2ccc([N+](=O)[O-])cc2S(=O)(=O)Nc2ccccc2OC)cc1. The molecule has 0 spiro atoms. The molecule has 0 aromatic heterocycles. The van der Waals surface area contributed by atoms with Crippen LogP contribution < -0.4 is 19.8 Å². The standard InChI is InChI=1S/C29H29N5O5S/c1-3-33(21-23-9-5-4-6-10-23)24-15-13-22(14-16-24)20-30-31-27-18-17-25(34(35)36)19-29(27)40(37,38)32-26-11-7-8-12-28(26)39-2/h4-20,31-32H,3,21H2,1-2H3/b30-20-. The Labute approximate surface area is 233 Å². The van der Waals surface area contributed by atoms with Gasteiger partial charge >= 0.3 is 0 Å². The lowest BCUT2D eigenvalue weighted by atomic mass is 10.1. The number of hydrazone groups is 1. The first kappa shape index (κ1) is 28.1. The van der Waals surface area contributed by atoms with E-state index in [-0.39, 0.29) is 22.0 Å². The maximum Gasteiger partial charge on any atom is 0.270 e. The summed E-state index contributed by atoms with van der Waals surface area (Å²) in [6.45, 7) is 3.72. The van der Waals surface area contributed by atoms with E-state index >= 15 is 0 Å². The van der Waals surface area contributed by atoms with Gasteiger partial charge in [-0.1, -0.05) is 54.6 Å². The Morgan fingerprint density at radius 2 is 1.65 bits per heavy atom. The van der Waals surface area contributed by atoms with Crippen LogP contribution in [-0.4, -0.2) is 33.2 Å². The number of benzene rings is 4. The Bertz CT molecular complexity index is 1590. The predicted octanol–water partition coefficient (Wildman–Crippen LogP) is 5.88. The molecular formula is C29H29N5O5S. The van der Waals surface area contributed by atoms with Gasteiger partial charge in [0, 0.05) is 30.9 Å². The number of ether oxygens (including phenoxy) is 1. The van der Waals surface area contributed by atoms with Crippen molar-refractivity contribution in [3.05, 3.63) is 118 Å². The summed E-state index contributed by atoms with van der Waals surface area (Å²) in [4.78, 5) is 12.6. The van der Waals surface area contributed by atoms with Crippen LogP contribution in [0.1, 0.15) is 18.1 Å². The van der Waals surface area contributed by atoms with Crippen LogP contribution in [-0.2, 0) is 16.6 Å². The molecule has 0 bridgehead atoms. The quantitative estimate of drug-likeness (QED) is 0.126. The highest BCUT2D eigenvalue weighted by Gasteiger charge is 2.23.